The molecule has 0 fully saturated rings. The van der Waals surface area contributed by atoms with Crippen LogP contribution in [0.2, 0.25) is 0 Å². The molecule has 0 aliphatic heterocycles. The van der Waals surface area contributed by atoms with Gasteiger partial charge in [0.15, 0.2) is 0 Å². The van der Waals surface area contributed by atoms with E-state index in [-0.39, 0.29) is 0 Å². The van der Waals surface area contributed by atoms with Gasteiger partial charge < -0.3 is 10.1 Å². The third kappa shape index (κ3) is 3.74. The first-order valence-electron chi connectivity index (χ1n) is 6.34. The molecule has 2 nitrogen and oxygen atoms in total. The molecule has 0 aliphatic carbocycles. The van der Waals surface area contributed by atoms with Crippen molar-refractivity contribution in [2.75, 3.05) is 7.11 Å². The summed E-state index contributed by atoms with van der Waals surface area (Å²) in [4.78, 5) is 0. The smallest absolute Gasteiger partial charge is 0.122 e. The number of nitrogens with one attached hydrogen (secondary N) is 1. The van der Waals surface area contributed by atoms with E-state index in [0.29, 0.717) is 12.1 Å². The van der Waals surface area contributed by atoms with E-state index in [0.717, 1.165) is 12.2 Å². The number of rotatable bonds is 5. The van der Waals surface area contributed by atoms with Gasteiger partial charge in [-0.05, 0) is 49.9 Å². The summed E-state index contributed by atoms with van der Waals surface area (Å²) in [5.41, 5.74) is 4.01. The Kier molecular flexibility index (Phi) is 5.01. The molecule has 17 heavy (non-hydrogen) atoms. The van der Waals surface area contributed by atoms with Crippen molar-refractivity contribution >= 4 is 0 Å². The van der Waals surface area contributed by atoms with E-state index in [9.17, 15) is 0 Å². The Balaban J connectivity index is 2.82. The summed E-state index contributed by atoms with van der Waals surface area (Å²) < 4.78 is 5.33. The van der Waals surface area contributed by atoms with Crippen molar-refractivity contribution in [2.45, 2.75) is 53.1 Å². The molecule has 96 valence electrons. The van der Waals surface area contributed by atoms with E-state index in [1.165, 1.54) is 16.7 Å². The highest BCUT2D eigenvalue weighted by Gasteiger charge is 2.10. The van der Waals surface area contributed by atoms with Crippen molar-refractivity contribution in [3.8, 4) is 5.75 Å². The number of methoxy groups -OCH3 is 1. The molecule has 0 aliphatic rings. The molecule has 1 atom stereocenters. The first-order valence-corrected chi connectivity index (χ1v) is 6.34. The molecule has 0 saturated heterocycles. The van der Waals surface area contributed by atoms with E-state index in [4.69, 9.17) is 4.74 Å². The molecule has 0 aromatic heterocycles. The van der Waals surface area contributed by atoms with Crippen LogP contribution in [0.3, 0.4) is 0 Å². The van der Waals surface area contributed by atoms with E-state index in [2.05, 4.69) is 52.1 Å². The van der Waals surface area contributed by atoms with Crippen LogP contribution in [-0.2, 0) is 6.42 Å². The van der Waals surface area contributed by atoms with Gasteiger partial charge in [-0.1, -0.05) is 19.9 Å². The molecule has 1 rings (SSSR count). The van der Waals surface area contributed by atoms with Gasteiger partial charge in [0.2, 0.25) is 0 Å². The van der Waals surface area contributed by atoms with Gasteiger partial charge in [0.1, 0.15) is 5.75 Å². The minimum Gasteiger partial charge on any atom is -0.496 e. The molecule has 1 unspecified atom stereocenters. The lowest BCUT2D eigenvalue weighted by Gasteiger charge is -2.19. The maximum Gasteiger partial charge on any atom is 0.122 e. The van der Waals surface area contributed by atoms with Crippen LogP contribution in [0.1, 0.15) is 37.5 Å². The highest BCUT2D eigenvalue weighted by molar-refractivity contribution is 5.43. The number of benzene rings is 1. The third-order valence-corrected chi connectivity index (χ3v) is 3.21. The second-order valence-corrected chi connectivity index (χ2v) is 5.10. The van der Waals surface area contributed by atoms with Gasteiger partial charge in [0.05, 0.1) is 7.11 Å². The first kappa shape index (κ1) is 14.0. The average molecular weight is 235 g/mol. The minimum atomic E-state index is 0.501. The SMILES string of the molecule is COc1ccc(CC(C)NC(C)C)c(C)c1C. The zero-order valence-corrected chi connectivity index (χ0v) is 11.9. The molecular weight excluding hydrogens is 210 g/mol. The van der Waals surface area contributed by atoms with Crippen LogP contribution in [0.4, 0.5) is 0 Å². The predicted octanol–water partition coefficient (Wildman–Crippen LogP) is 3.24. The van der Waals surface area contributed by atoms with E-state index >= 15 is 0 Å². The van der Waals surface area contributed by atoms with Crippen LogP contribution < -0.4 is 10.1 Å². The van der Waals surface area contributed by atoms with Crippen LogP contribution in [0, 0.1) is 13.8 Å². The molecule has 0 bridgehead atoms. The van der Waals surface area contributed by atoms with Gasteiger partial charge in [-0.2, -0.15) is 0 Å². The zero-order valence-electron chi connectivity index (χ0n) is 11.9. The van der Waals surface area contributed by atoms with Crippen molar-refractivity contribution in [1.82, 2.24) is 5.32 Å². The molecule has 1 aromatic carbocycles. The lowest BCUT2D eigenvalue weighted by atomic mass is 9.97. The summed E-state index contributed by atoms with van der Waals surface area (Å²) in [7, 11) is 1.73. The second kappa shape index (κ2) is 6.06. The van der Waals surface area contributed by atoms with E-state index in [1.54, 1.807) is 7.11 Å². The van der Waals surface area contributed by atoms with Crippen molar-refractivity contribution < 1.29 is 4.74 Å². The van der Waals surface area contributed by atoms with Crippen molar-refractivity contribution in [3.05, 3.63) is 28.8 Å². The number of hydrogen-bond donors (Lipinski definition) is 1. The van der Waals surface area contributed by atoms with Crippen LogP contribution in [0.15, 0.2) is 12.1 Å². The molecule has 0 heterocycles. The fourth-order valence-electron chi connectivity index (χ4n) is 2.25. The Morgan fingerprint density at radius 3 is 2.29 bits per heavy atom. The molecule has 1 N–H and O–H groups in total. The number of ether oxygens (including phenoxy) is 1. The standard InChI is InChI=1S/C15H25NO/c1-10(2)16-11(3)9-14-7-8-15(17-6)13(5)12(14)4/h7-8,10-11,16H,9H2,1-6H3. The first-order chi connectivity index (χ1) is 7.95. The quantitative estimate of drug-likeness (QED) is 0.846. The van der Waals surface area contributed by atoms with Crippen LogP contribution in [-0.4, -0.2) is 19.2 Å². The summed E-state index contributed by atoms with van der Waals surface area (Å²) in [6.07, 6.45) is 1.06. The average Bonchev–Trinajstić information content (AvgIpc) is 2.24. The van der Waals surface area contributed by atoms with E-state index in [1.807, 2.05) is 0 Å². The number of hydrogen-bond acceptors (Lipinski definition) is 2. The normalized spacial score (nSPS) is 12.9. The van der Waals surface area contributed by atoms with Gasteiger partial charge in [-0.25, -0.2) is 0 Å². The van der Waals surface area contributed by atoms with Crippen molar-refractivity contribution in [3.63, 3.8) is 0 Å². The summed E-state index contributed by atoms with van der Waals surface area (Å²) in [5.74, 6) is 0.982. The van der Waals surface area contributed by atoms with Gasteiger partial charge >= 0.3 is 0 Å². The Morgan fingerprint density at radius 1 is 1.12 bits per heavy atom. The minimum absolute atomic E-state index is 0.501. The molecule has 0 radical (unpaired) electrons. The topological polar surface area (TPSA) is 21.3 Å². The molecule has 0 spiro atoms. The fraction of sp³-hybridized carbons (Fsp3) is 0.600. The van der Waals surface area contributed by atoms with Gasteiger partial charge in [0.25, 0.3) is 0 Å². The van der Waals surface area contributed by atoms with Gasteiger partial charge in [-0.3, -0.25) is 0 Å². The van der Waals surface area contributed by atoms with E-state index < -0.39 is 0 Å². The molecular formula is C15H25NO. The molecule has 2 heteroatoms. The Morgan fingerprint density at radius 2 is 1.76 bits per heavy atom. The maximum atomic E-state index is 5.33. The highest BCUT2D eigenvalue weighted by atomic mass is 16.5. The largest absolute Gasteiger partial charge is 0.496 e. The summed E-state index contributed by atoms with van der Waals surface area (Å²) in [6, 6.07) is 5.28. The Bertz CT molecular complexity index is 371. The molecule has 0 saturated carbocycles. The van der Waals surface area contributed by atoms with Gasteiger partial charge in [-0.15, -0.1) is 0 Å². The van der Waals surface area contributed by atoms with Crippen molar-refractivity contribution in [2.24, 2.45) is 0 Å². The van der Waals surface area contributed by atoms with Crippen LogP contribution in [0.5, 0.6) is 5.75 Å². The Hall–Kier alpha value is -1.02. The summed E-state index contributed by atoms with van der Waals surface area (Å²) >= 11 is 0. The molecule has 0 amide bonds. The highest BCUT2D eigenvalue weighted by Crippen LogP contribution is 2.24. The maximum absolute atomic E-state index is 5.33. The van der Waals surface area contributed by atoms with Crippen LogP contribution >= 0.6 is 0 Å². The van der Waals surface area contributed by atoms with Crippen LogP contribution in [0.25, 0.3) is 0 Å². The Labute approximate surface area is 105 Å². The lowest BCUT2D eigenvalue weighted by molar-refractivity contribution is 0.410. The molecule has 1 aromatic rings. The third-order valence-electron chi connectivity index (χ3n) is 3.21. The monoisotopic (exact) mass is 235 g/mol. The second-order valence-electron chi connectivity index (χ2n) is 5.10. The lowest BCUT2D eigenvalue weighted by Crippen LogP contribution is -2.34. The van der Waals surface area contributed by atoms with Gasteiger partial charge in [0, 0.05) is 12.1 Å². The predicted molar refractivity (Wildman–Crippen MR) is 73.9 cm³/mol. The zero-order chi connectivity index (χ0) is 13.0. The van der Waals surface area contributed by atoms with Crippen molar-refractivity contribution in [1.29, 1.82) is 0 Å². The summed E-state index contributed by atoms with van der Waals surface area (Å²) in [5, 5.41) is 3.54. The fourth-order valence-corrected chi connectivity index (χ4v) is 2.25. The summed E-state index contributed by atoms with van der Waals surface area (Å²) in [6.45, 7) is 10.9.